The van der Waals surface area contributed by atoms with Gasteiger partial charge in [0.15, 0.2) is 0 Å². The largest absolute Gasteiger partial charge is 0.0776 e. The Kier molecular flexibility index (Phi) is 3.80. The van der Waals surface area contributed by atoms with Crippen LogP contribution in [0.2, 0.25) is 0 Å². The van der Waals surface area contributed by atoms with Crippen LogP contribution in [0.3, 0.4) is 0 Å². The molecule has 2 aromatic rings. The molecule has 2 aromatic carbocycles. The van der Waals surface area contributed by atoms with E-state index in [1.54, 1.807) is 0 Å². The summed E-state index contributed by atoms with van der Waals surface area (Å²) in [4.78, 5) is 0. The first kappa shape index (κ1) is 15.8. The van der Waals surface area contributed by atoms with Crippen molar-refractivity contribution < 1.29 is 0 Å². The van der Waals surface area contributed by atoms with Gasteiger partial charge in [0.25, 0.3) is 0 Å². The maximum Gasteiger partial charge on any atom is 0.00789 e. The lowest BCUT2D eigenvalue weighted by atomic mass is 9.67. The third-order valence-electron chi connectivity index (χ3n) is 4.96. The van der Waals surface area contributed by atoms with Gasteiger partial charge in [-0.2, -0.15) is 0 Å². The standard InChI is InChI=1S/C23H26/c1-17(15-18-9-7-6-8-10-18)19-11-12-20-21(16-19)23(4,5)14-13-22(20,2)3/h6-16H,1-5H3. The predicted molar refractivity (Wildman–Crippen MR) is 102 cm³/mol. The zero-order valence-electron chi connectivity index (χ0n) is 14.9. The Balaban J connectivity index is 2.07. The molecule has 0 bridgehead atoms. The van der Waals surface area contributed by atoms with Crippen LogP contribution in [0.25, 0.3) is 11.6 Å². The van der Waals surface area contributed by atoms with E-state index in [-0.39, 0.29) is 10.8 Å². The molecule has 0 fully saturated rings. The highest BCUT2D eigenvalue weighted by molar-refractivity contribution is 5.80. The monoisotopic (exact) mass is 302 g/mol. The third kappa shape index (κ3) is 3.03. The topological polar surface area (TPSA) is 0 Å². The molecule has 0 heteroatoms. The molecule has 0 N–H and O–H groups in total. The first-order valence-electron chi connectivity index (χ1n) is 8.39. The lowest BCUT2D eigenvalue weighted by molar-refractivity contribution is 0.563. The molecule has 0 atom stereocenters. The highest BCUT2D eigenvalue weighted by Gasteiger charge is 2.32. The molecule has 0 amide bonds. The maximum atomic E-state index is 2.38. The van der Waals surface area contributed by atoms with Crippen LogP contribution in [0, 0.1) is 0 Å². The number of benzene rings is 2. The average molecular weight is 302 g/mol. The lowest BCUT2D eigenvalue weighted by Gasteiger charge is -2.37. The minimum atomic E-state index is 0.0912. The summed E-state index contributed by atoms with van der Waals surface area (Å²) >= 11 is 0. The van der Waals surface area contributed by atoms with Gasteiger partial charge in [-0.3, -0.25) is 0 Å². The first-order valence-corrected chi connectivity index (χ1v) is 8.39. The molecule has 0 radical (unpaired) electrons. The van der Waals surface area contributed by atoms with E-state index in [9.17, 15) is 0 Å². The minimum absolute atomic E-state index is 0.0912. The van der Waals surface area contributed by atoms with E-state index in [4.69, 9.17) is 0 Å². The van der Waals surface area contributed by atoms with Gasteiger partial charge < -0.3 is 0 Å². The number of fused-ring (bicyclic) bond motifs is 1. The van der Waals surface area contributed by atoms with Crippen LogP contribution in [0.4, 0.5) is 0 Å². The fourth-order valence-corrected chi connectivity index (χ4v) is 3.36. The first-order chi connectivity index (χ1) is 10.8. The number of hydrogen-bond acceptors (Lipinski definition) is 0. The average Bonchev–Trinajstić information content (AvgIpc) is 2.52. The van der Waals surface area contributed by atoms with Gasteiger partial charge in [0.2, 0.25) is 0 Å². The third-order valence-corrected chi connectivity index (χ3v) is 4.96. The Morgan fingerprint density at radius 3 is 2.04 bits per heavy atom. The quantitative estimate of drug-likeness (QED) is 0.446. The van der Waals surface area contributed by atoms with Crippen LogP contribution >= 0.6 is 0 Å². The molecule has 0 heterocycles. The van der Waals surface area contributed by atoms with Crippen molar-refractivity contribution >= 4 is 11.6 Å². The molecule has 0 aliphatic heterocycles. The van der Waals surface area contributed by atoms with Crippen LogP contribution in [-0.4, -0.2) is 0 Å². The Morgan fingerprint density at radius 1 is 0.783 bits per heavy atom. The predicted octanol–water partition coefficient (Wildman–Crippen LogP) is 6.37. The molecule has 0 saturated heterocycles. The van der Waals surface area contributed by atoms with Gasteiger partial charge in [-0.1, -0.05) is 94.5 Å². The zero-order valence-corrected chi connectivity index (χ0v) is 14.9. The van der Waals surface area contributed by atoms with Crippen LogP contribution in [0.15, 0.2) is 60.7 Å². The van der Waals surface area contributed by atoms with E-state index in [1.807, 2.05) is 0 Å². The fraction of sp³-hybridized carbons (Fsp3) is 0.304. The molecular formula is C23H26. The summed E-state index contributed by atoms with van der Waals surface area (Å²) in [6.07, 6.45) is 6.97. The van der Waals surface area contributed by atoms with E-state index < -0.39 is 0 Å². The fourth-order valence-electron chi connectivity index (χ4n) is 3.36. The van der Waals surface area contributed by atoms with E-state index >= 15 is 0 Å². The summed E-state index contributed by atoms with van der Waals surface area (Å²) in [6.45, 7) is 11.4. The van der Waals surface area contributed by atoms with Crippen molar-refractivity contribution in [3.63, 3.8) is 0 Å². The van der Waals surface area contributed by atoms with E-state index in [2.05, 4.69) is 101 Å². The second-order valence-electron chi connectivity index (χ2n) is 7.78. The molecule has 3 rings (SSSR count). The van der Waals surface area contributed by atoms with Gasteiger partial charge in [-0.05, 0) is 34.8 Å². The van der Waals surface area contributed by atoms with Crippen molar-refractivity contribution in [2.75, 3.05) is 0 Å². The van der Waals surface area contributed by atoms with Crippen LogP contribution in [0.1, 0.15) is 56.9 Å². The molecule has 0 aromatic heterocycles. The number of rotatable bonds is 2. The lowest BCUT2D eigenvalue weighted by Crippen LogP contribution is -2.29. The Hall–Kier alpha value is -2.08. The highest BCUT2D eigenvalue weighted by atomic mass is 14.4. The Labute approximate surface area is 140 Å². The van der Waals surface area contributed by atoms with E-state index in [0.29, 0.717) is 0 Å². The zero-order chi connectivity index (χ0) is 16.7. The summed E-state index contributed by atoms with van der Waals surface area (Å²) in [5, 5.41) is 0. The van der Waals surface area contributed by atoms with Crippen molar-refractivity contribution in [1.29, 1.82) is 0 Å². The summed E-state index contributed by atoms with van der Waals surface area (Å²) in [5.74, 6) is 0. The highest BCUT2D eigenvalue weighted by Crippen LogP contribution is 2.42. The summed E-state index contributed by atoms with van der Waals surface area (Å²) in [7, 11) is 0. The molecule has 0 spiro atoms. The molecule has 0 nitrogen and oxygen atoms in total. The summed E-state index contributed by atoms with van der Waals surface area (Å²) in [5.41, 5.74) is 6.97. The maximum absolute atomic E-state index is 2.38. The molecular weight excluding hydrogens is 276 g/mol. The van der Waals surface area contributed by atoms with Crippen molar-refractivity contribution in [2.45, 2.75) is 45.4 Å². The summed E-state index contributed by atoms with van der Waals surface area (Å²) < 4.78 is 0. The van der Waals surface area contributed by atoms with Crippen molar-refractivity contribution in [1.82, 2.24) is 0 Å². The van der Waals surface area contributed by atoms with Crippen LogP contribution in [-0.2, 0) is 10.8 Å². The van der Waals surface area contributed by atoms with Gasteiger partial charge >= 0.3 is 0 Å². The molecule has 23 heavy (non-hydrogen) atoms. The molecule has 0 unspecified atom stereocenters. The smallest absolute Gasteiger partial charge is 0.00789 e. The Bertz CT molecular complexity index is 771. The SMILES string of the molecule is CC(=Cc1ccccc1)c1ccc2c(c1)C(C)(C)C=CC2(C)C. The van der Waals surface area contributed by atoms with Gasteiger partial charge in [-0.15, -0.1) is 0 Å². The van der Waals surface area contributed by atoms with E-state index in [1.165, 1.54) is 27.8 Å². The van der Waals surface area contributed by atoms with Gasteiger partial charge in [-0.25, -0.2) is 0 Å². The van der Waals surface area contributed by atoms with Crippen molar-refractivity contribution in [2.24, 2.45) is 0 Å². The van der Waals surface area contributed by atoms with Crippen molar-refractivity contribution in [3.05, 3.63) is 82.9 Å². The van der Waals surface area contributed by atoms with Gasteiger partial charge in [0.05, 0.1) is 0 Å². The second kappa shape index (κ2) is 5.53. The second-order valence-corrected chi connectivity index (χ2v) is 7.78. The normalized spacial score (nSPS) is 18.6. The number of allylic oxidation sites excluding steroid dienone is 3. The van der Waals surface area contributed by atoms with Crippen LogP contribution in [0.5, 0.6) is 0 Å². The van der Waals surface area contributed by atoms with Crippen molar-refractivity contribution in [3.8, 4) is 0 Å². The molecule has 1 aliphatic rings. The molecule has 0 saturated carbocycles. The molecule has 118 valence electrons. The Morgan fingerprint density at radius 2 is 1.39 bits per heavy atom. The number of hydrogen-bond donors (Lipinski definition) is 0. The van der Waals surface area contributed by atoms with Crippen LogP contribution < -0.4 is 0 Å². The molecule has 1 aliphatic carbocycles. The minimum Gasteiger partial charge on any atom is -0.0776 e. The summed E-state index contributed by atoms with van der Waals surface area (Å²) in [6, 6.07) is 17.5. The van der Waals surface area contributed by atoms with Gasteiger partial charge in [0.1, 0.15) is 0 Å². The van der Waals surface area contributed by atoms with E-state index in [0.717, 1.165) is 0 Å². The van der Waals surface area contributed by atoms with Gasteiger partial charge in [0, 0.05) is 10.8 Å².